The number of nitrogens with zero attached hydrogens (tertiary/aromatic N) is 3. The first-order valence-electron chi connectivity index (χ1n) is 9.84. The molecule has 6 nitrogen and oxygen atoms in total. The maximum Gasteiger partial charge on any atom is 0.270 e. The standard InChI is InChI=1S/C23H27N5O/c1-4-5-15-24-23(29)20-16-21(25-18-11-13-19(14-12-18)28(2)3)27-22(26-20)17-9-7-6-8-10-17/h6-14,16H,4-5,15H2,1-3H3,(H,24,29)(H,25,26,27). The number of hydrogen-bond donors (Lipinski definition) is 2. The molecule has 150 valence electrons. The Morgan fingerprint density at radius 3 is 2.38 bits per heavy atom. The second kappa shape index (κ2) is 9.68. The smallest absolute Gasteiger partial charge is 0.270 e. The molecule has 29 heavy (non-hydrogen) atoms. The van der Waals surface area contributed by atoms with Crippen LogP contribution in [0.2, 0.25) is 0 Å². The average Bonchev–Trinajstić information content (AvgIpc) is 2.74. The molecular formula is C23H27N5O. The van der Waals surface area contributed by atoms with Crippen LogP contribution in [-0.2, 0) is 0 Å². The zero-order valence-corrected chi connectivity index (χ0v) is 17.1. The molecule has 0 bridgehead atoms. The highest BCUT2D eigenvalue weighted by molar-refractivity contribution is 5.93. The highest BCUT2D eigenvalue weighted by atomic mass is 16.1. The van der Waals surface area contributed by atoms with Crippen LogP contribution in [0.3, 0.4) is 0 Å². The highest BCUT2D eigenvalue weighted by Gasteiger charge is 2.13. The van der Waals surface area contributed by atoms with Crippen LogP contribution < -0.4 is 15.5 Å². The van der Waals surface area contributed by atoms with Gasteiger partial charge in [0.25, 0.3) is 5.91 Å². The van der Waals surface area contributed by atoms with Crippen molar-refractivity contribution in [3.63, 3.8) is 0 Å². The summed E-state index contributed by atoms with van der Waals surface area (Å²) in [5.41, 5.74) is 3.22. The lowest BCUT2D eigenvalue weighted by atomic mass is 10.2. The quantitative estimate of drug-likeness (QED) is 0.556. The van der Waals surface area contributed by atoms with Crippen LogP contribution in [0.5, 0.6) is 0 Å². The molecule has 0 aliphatic heterocycles. The number of carbonyl (C=O) groups excluding carboxylic acids is 1. The van der Waals surface area contributed by atoms with Crippen molar-refractivity contribution in [2.75, 3.05) is 30.9 Å². The van der Waals surface area contributed by atoms with E-state index in [1.807, 2.05) is 73.6 Å². The average molecular weight is 390 g/mol. The molecule has 0 saturated carbocycles. The van der Waals surface area contributed by atoms with E-state index in [0.717, 1.165) is 29.8 Å². The van der Waals surface area contributed by atoms with Crippen LogP contribution in [0.1, 0.15) is 30.3 Å². The summed E-state index contributed by atoms with van der Waals surface area (Å²) in [5, 5.41) is 6.22. The van der Waals surface area contributed by atoms with Crippen molar-refractivity contribution in [1.82, 2.24) is 15.3 Å². The topological polar surface area (TPSA) is 70.2 Å². The second-order valence-electron chi connectivity index (χ2n) is 7.00. The molecule has 3 aromatic rings. The number of rotatable bonds is 8. The molecular weight excluding hydrogens is 362 g/mol. The molecule has 0 unspecified atom stereocenters. The molecule has 0 aliphatic carbocycles. The molecule has 2 aromatic carbocycles. The van der Waals surface area contributed by atoms with Crippen molar-refractivity contribution < 1.29 is 4.79 Å². The SMILES string of the molecule is CCCCNC(=O)c1cc(Nc2ccc(N(C)C)cc2)nc(-c2ccccc2)n1. The molecule has 2 N–H and O–H groups in total. The summed E-state index contributed by atoms with van der Waals surface area (Å²) in [6.45, 7) is 2.72. The molecule has 0 atom stereocenters. The van der Waals surface area contributed by atoms with Crippen LogP contribution in [0.15, 0.2) is 60.7 Å². The summed E-state index contributed by atoms with van der Waals surface area (Å²) in [6.07, 6.45) is 1.96. The minimum absolute atomic E-state index is 0.191. The van der Waals surface area contributed by atoms with Gasteiger partial charge in [0, 0.05) is 43.6 Å². The Labute approximate surface area is 172 Å². The Bertz CT molecular complexity index is 939. The third kappa shape index (κ3) is 5.54. The molecule has 6 heteroatoms. The van der Waals surface area contributed by atoms with Gasteiger partial charge in [-0.3, -0.25) is 4.79 Å². The monoisotopic (exact) mass is 389 g/mol. The van der Waals surface area contributed by atoms with Gasteiger partial charge in [0.05, 0.1) is 0 Å². The fraction of sp³-hybridized carbons (Fsp3) is 0.261. The Kier molecular flexibility index (Phi) is 6.79. The summed E-state index contributed by atoms with van der Waals surface area (Å²) >= 11 is 0. The summed E-state index contributed by atoms with van der Waals surface area (Å²) in [4.78, 5) is 23.7. The van der Waals surface area contributed by atoms with E-state index in [4.69, 9.17) is 0 Å². The first-order chi connectivity index (χ1) is 14.1. The van der Waals surface area contributed by atoms with Crippen LogP contribution in [0.4, 0.5) is 17.2 Å². The highest BCUT2D eigenvalue weighted by Crippen LogP contribution is 2.22. The number of amides is 1. The Balaban J connectivity index is 1.90. The number of unbranched alkanes of at least 4 members (excludes halogenated alkanes) is 1. The normalized spacial score (nSPS) is 10.4. The number of anilines is 3. The minimum atomic E-state index is -0.191. The van der Waals surface area contributed by atoms with Gasteiger partial charge in [0.2, 0.25) is 0 Å². The number of benzene rings is 2. The lowest BCUT2D eigenvalue weighted by Crippen LogP contribution is -2.25. The number of carbonyl (C=O) groups is 1. The minimum Gasteiger partial charge on any atom is -0.378 e. The van der Waals surface area contributed by atoms with Crippen molar-refractivity contribution in [3.05, 3.63) is 66.4 Å². The van der Waals surface area contributed by atoms with Gasteiger partial charge in [0.15, 0.2) is 5.82 Å². The maximum absolute atomic E-state index is 12.6. The van der Waals surface area contributed by atoms with Gasteiger partial charge in [-0.15, -0.1) is 0 Å². The van der Waals surface area contributed by atoms with Gasteiger partial charge < -0.3 is 15.5 Å². The molecule has 0 spiro atoms. The lowest BCUT2D eigenvalue weighted by molar-refractivity contribution is 0.0948. The van der Waals surface area contributed by atoms with Gasteiger partial charge in [-0.1, -0.05) is 43.7 Å². The van der Waals surface area contributed by atoms with Crippen LogP contribution in [0, 0.1) is 0 Å². The van der Waals surface area contributed by atoms with E-state index in [9.17, 15) is 4.79 Å². The van der Waals surface area contributed by atoms with Crippen molar-refractivity contribution in [3.8, 4) is 11.4 Å². The molecule has 1 aromatic heterocycles. The van der Waals surface area contributed by atoms with Crippen molar-refractivity contribution >= 4 is 23.1 Å². The summed E-state index contributed by atoms with van der Waals surface area (Å²) in [6, 6.07) is 19.4. The first-order valence-corrected chi connectivity index (χ1v) is 9.84. The molecule has 1 amide bonds. The third-order valence-electron chi connectivity index (χ3n) is 4.46. The summed E-state index contributed by atoms with van der Waals surface area (Å²) in [7, 11) is 4.00. The van der Waals surface area contributed by atoms with Gasteiger partial charge in [-0.05, 0) is 30.7 Å². The molecule has 3 rings (SSSR count). The van der Waals surface area contributed by atoms with Gasteiger partial charge >= 0.3 is 0 Å². The van der Waals surface area contributed by atoms with E-state index in [0.29, 0.717) is 23.9 Å². The van der Waals surface area contributed by atoms with E-state index in [2.05, 4.69) is 27.5 Å². The van der Waals surface area contributed by atoms with Crippen LogP contribution in [-0.4, -0.2) is 36.5 Å². The van der Waals surface area contributed by atoms with E-state index < -0.39 is 0 Å². The second-order valence-corrected chi connectivity index (χ2v) is 7.00. The predicted molar refractivity (Wildman–Crippen MR) is 119 cm³/mol. The molecule has 0 aliphatic rings. The van der Waals surface area contributed by atoms with Gasteiger partial charge in [0.1, 0.15) is 11.5 Å². The predicted octanol–water partition coefficient (Wildman–Crippen LogP) is 4.48. The number of nitrogens with one attached hydrogen (secondary N) is 2. The summed E-state index contributed by atoms with van der Waals surface area (Å²) in [5.74, 6) is 0.905. The Hall–Kier alpha value is -3.41. The van der Waals surface area contributed by atoms with Crippen LogP contribution in [0.25, 0.3) is 11.4 Å². The largest absolute Gasteiger partial charge is 0.378 e. The maximum atomic E-state index is 12.6. The third-order valence-corrected chi connectivity index (χ3v) is 4.46. The first kappa shape index (κ1) is 20.3. The molecule has 1 heterocycles. The van der Waals surface area contributed by atoms with E-state index >= 15 is 0 Å². The molecule has 0 fully saturated rings. The zero-order valence-electron chi connectivity index (χ0n) is 17.1. The van der Waals surface area contributed by atoms with Crippen molar-refractivity contribution in [2.45, 2.75) is 19.8 Å². The molecule has 0 saturated heterocycles. The van der Waals surface area contributed by atoms with Crippen molar-refractivity contribution in [2.24, 2.45) is 0 Å². The van der Waals surface area contributed by atoms with Crippen molar-refractivity contribution in [1.29, 1.82) is 0 Å². The van der Waals surface area contributed by atoms with E-state index in [1.54, 1.807) is 6.07 Å². The van der Waals surface area contributed by atoms with E-state index in [1.165, 1.54) is 0 Å². The van der Waals surface area contributed by atoms with Gasteiger partial charge in [-0.25, -0.2) is 9.97 Å². The Morgan fingerprint density at radius 1 is 1.00 bits per heavy atom. The Morgan fingerprint density at radius 2 is 1.72 bits per heavy atom. The fourth-order valence-corrected chi connectivity index (χ4v) is 2.80. The number of hydrogen-bond acceptors (Lipinski definition) is 5. The number of aromatic nitrogens is 2. The lowest BCUT2D eigenvalue weighted by Gasteiger charge is -2.14. The van der Waals surface area contributed by atoms with Crippen LogP contribution >= 0.6 is 0 Å². The van der Waals surface area contributed by atoms with Gasteiger partial charge in [-0.2, -0.15) is 0 Å². The fourth-order valence-electron chi connectivity index (χ4n) is 2.80. The zero-order chi connectivity index (χ0) is 20.6. The summed E-state index contributed by atoms with van der Waals surface area (Å²) < 4.78 is 0. The van der Waals surface area contributed by atoms with E-state index in [-0.39, 0.29) is 5.91 Å². The molecule has 0 radical (unpaired) electrons.